The van der Waals surface area contributed by atoms with E-state index in [-0.39, 0.29) is 49.3 Å². The second-order valence-electron chi connectivity index (χ2n) is 7.71. The molecule has 9 heteroatoms. The summed E-state index contributed by atoms with van der Waals surface area (Å²) in [5, 5.41) is 0. The molecule has 2 saturated heterocycles. The summed E-state index contributed by atoms with van der Waals surface area (Å²) in [6.45, 7) is 1.48. The summed E-state index contributed by atoms with van der Waals surface area (Å²) in [6, 6.07) is 12.7. The Kier molecular flexibility index (Phi) is 6.06. The summed E-state index contributed by atoms with van der Waals surface area (Å²) >= 11 is 0. The number of hydrogen-bond acceptors (Lipinski definition) is 4. The highest BCUT2D eigenvalue weighted by Gasteiger charge is 2.31. The zero-order valence-corrected chi connectivity index (χ0v) is 17.9. The maximum Gasteiger partial charge on any atom is 0.246 e. The van der Waals surface area contributed by atoms with Crippen molar-refractivity contribution in [2.75, 3.05) is 37.6 Å². The van der Waals surface area contributed by atoms with Gasteiger partial charge in [-0.2, -0.15) is 4.31 Å². The minimum absolute atomic E-state index is 0.0899. The van der Waals surface area contributed by atoms with Gasteiger partial charge in [-0.25, -0.2) is 12.8 Å². The van der Waals surface area contributed by atoms with Crippen molar-refractivity contribution < 1.29 is 22.4 Å². The van der Waals surface area contributed by atoms with Gasteiger partial charge < -0.3 is 9.80 Å². The summed E-state index contributed by atoms with van der Waals surface area (Å²) in [6.07, 6.45) is 1.63. The number of amides is 2. The van der Waals surface area contributed by atoms with Gasteiger partial charge in [0, 0.05) is 44.8 Å². The lowest BCUT2D eigenvalue weighted by Crippen LogP contribution is -2.51. The van der Waals surface area contributed by atoms with Gasteiger partial charge in [-0.1, -0.05) is 24.3 Å². The lowest BCUT2D eigenvalue weighted by atomic mass is 10.1. The fourth-order valence-electron chi connectivity index (χ4n) is 3.97. The van der Waals surface area contributed by atoms with Gasteiger partial charge in [0.25, 0.3) is 0 Å². The van der Waals surface area contributed by atoms with E-state index in [1.165, 1.54) is 22.5 Å². The average Bonchev–Trinajstić information content (AvgIpc) is 3.20. The molecule has 2 fully saturated rings. The molecule has 0 unspecified atom stereocenters. The van der Waals surface area contributed by atoms with E-state index >= 15 is 0 Å². The van der Waals surface area contributed by atoms with Crippen molar-refractivity contribution in [2.45, 2.75) is 24.2 Å². The molecule has 164 valence electrons. The van der Waals surface area contributed by atoms with Crippen LogP contribution in [-0.2, 0) is 26.0 Å². The van der Waals surface area contributed by atoms with Crippen molar-refractivity contribution in [1.29, 1.82) is 0 Å². The summed E-state index contributed by atoms with van der Waals surface area (Å²) in [5.41, 5.74) is 1.67. The normalized spacial score (nSPS) is 17.9. The van der Waals surface area contributed by atoms with Gasteiger partial charge in [0.2, 0.25) is 21.8 Å². The lowest BCUT2D eigenvalue weighted by molar-refractivity contribution is -0.131. The number of carbonyl (C=O) groups is 2. The van der Waals surface area contributed by atoms with Crippen LogP contribution in [-0.4, -0.2) is 62.2 Å². The third kappa shape index (κ3) is 4.47. The van der Waals surface area contributed by atoms with Crippen molar-refractivity contribution in [1.82, 2.24) is 9.21 Å². The molecule has 0 bridgehead atoms. The van der Waals surface area contributed by atoms with Crippen LogP contribution < -0.4 is 4.90 Å². The van der Waals surface area contributed by atoms with Gasteiger partial charge in [0.1, 0.15) is 10.7 Å². The van der Waals surface area contributed by atoms with Crippen molar-refractivity contribution in [3.63, 3.8) is 0 Å². The van der Waals surface area contributed by atoms with E-state index < -0.39 is 15.8 Å². The zero-order valence-electron chi connectivity index (χ0n) is 17.0. The molecule has 4 rings (SSSR count). The van der Waals surface area contributed by atoms with E-state index in [9.17, 15) is 22.4 Å². The molecule has 7 nitrogen and oxygen atoms in total. The third-order valence-corrected chi connectivity index (χ3v) is 7.65. The van der Waals surface area contributed by atoms with E-state index in [2.05, 4.69) is 0 Å². The molecule has 0 spiro atoms. The lowest BCUT2D eigenvalue weighted by Gasteiger charge is -2.34. The van der Waals surface area contributed by atoms with Gasteiger partial charge in [0.15, 0.2) is 0 Å². The van der Waals surface area contributed by atoms with Crippen LogP contribution in [0.5, 0.6) is 0 Å². The van der Waals surface area contributed by atoms with Crippen LogP contribution >= 0.6 is 0 Å². The molecule has 2 aromatic carbocycles. The van der Waals surface area contributed by atoms with E-state index in [1.54, 1.807) is 9.80 Å². The number of benzene rings is 2. The summed E-state index contributed by atoms with van der Waals surface area (Å²) in [4.78, 5) is 27.6. The molecule has 2 aliphatic heterocycles. The van der Waals surface area contributed by atoms with E-state index in [0.717, 1.165) is 30.3 Å². The molecular formula is C22H24FN3O4S. The van der Waals surface area contributed by atoms with Crippen molar-refractivity contribution in [3.8, 4) is 0 Å². The molecule has 2 aliphatic rings. The van der Waals surface area contributed by atoms with Crippen molar-refractivity contribution >= 4 is 27.5 Å². The predicted octanol–water partition coefficient (Wildman–Crippen LogP) is 2.03. The zero-order chi connectivity index (χ0) is 22.0. The van der Waals surface area contributed by atoms with Crippen LogP contribution in [0.1, 0.15) is 18.4 Å². The second kappa shape index (κ2) is 8.76. The minimum atomic E-state index is -3.93. The molecule has 2 amide bonds. The fourth-order valence-corrected chi connectivity index (χ4v) is 5.46. The van der Waals surface area contributed by atoms with Gasteiger partial charge >= 0.3 is 0 Å². The molecule has 0 aromatic heterocycles. The Hall–Kier alpha value is -2.78. The first-order chi connectivity index (χ1) is 14.9. The summed E-state index contributed by atoms with van der Waals surface area (Å²) in [5.74, 6) is -0.750. The SMILES string of the molecule is O=C(Cc1ccc(N2CCCC2=O)cc1)N1CCN(S(=O)(=O)c2ccccc2F)CC1. The van der Waals surface area contributed by atoms with Gasteiger partial charge in [-0.05, 0) is 36.2 Å². The van der Waals surface area contributed by atoms with Crippen LogP contribution in [0.25, 0.3) is 0 Å². The quantitative estimate of drug-likeness (QED) is 0.706. The standard InChI is InChI=1S/C22H24FN3O4S/c23-19-4-1-2-5-20(19)31(29,30)25-14-12-24(13-15-25)22(28)16-17-7-9-18(10-8-17)26-11-3-6-21(26)27/h1-2,4-5,7-10H,3,6,11-16H2. The first-order valence-electron chi connectivity index (χ1n) is 10.3. The Bertz CT molecular complexity index is 1080. The highest BCUT2D eigenvalue weighted by molar-refractivity contribution is 7.89. The minimum Gasteiger partial charge on any atom is -0.340 e. The molecule has 0 aliphatic carbocycles. The number of hydrogen-bond donors (Lipinski definition) is 0. The molecule has 0 radical (unpaired) electrons. The predicted molar refractivity (Wildman–Crippen MR) is 113 cm³/mol. The Morgan fingerprint density at radius 2 is 1.61 bits per heavy atom. The van der Waals surface area contributed by atoms with E-state index in [1.807, 2.05) is 24.3 Å². The highest BCUT2D eigenvalue weighted by atomic mass is 32.2. The van der Waals surface area contributed by atoms with E-state index in [0.29, 0.717) is 6.42 Å². The molecule has 2 aromatic rings. The van der Waals surface area contributed by atoms with Crippen molar-refractivity contribution in [3.05, 3.63) is 59.9 Å². The number of sulfonamides is 1. The molecule has 0 saturated carbocycles. The largest absolute Gasteiger partial charge is 0.340 e. The molecule has 2 heterocycles. The van der Waals surface area contributed by atoms with Crippen LogP contribution in [0.15, 0.2) is 53.4 Å². The van der Waals surface area contributed by atoms with Crippen LogP contribution in [0.4, 0.5) is 10.1 Å². The number of nitrogens with zero attached hydrogens (tertiary/aromatic N) is 3. The number of anilines is 1. The van der Waals surface area contributed by atoms with Gasteiger partial charge in [-0.3, -0.25) is 9.59 Å². The van der Waals surface area contributed by atoms with Crippen LogP contribution in [0, 0.1) is 5.82 Å². The molecular weight excluding hydrogens is 421 g/mol. The second-order valence-corrected chi connectivity index (χ2v) is 9.61. The summed E-state index contributed by atoms with van der Waals surface area (Å²) < 4.78 is 40.6. The first-order valence-corrected chi connectivity index (χ1v) is 11.7. The number of halogens is 1. The van der Waals surface area contributed by atoms with Crippen LogP contribution in [0.2, 0.25) is 0 Å². The summed E-state index contributed by atoms with van der Waals surface area (Å²) in [7, 11) is -3.93. The molecule has 0 N–H and O–H groups in total. The van der Waals surface area contributed by atoms with Gasteiger partial charge in [0.05, 0.1) is 6.42 Å². The van der Waals surface area contributed by atoms with Crippen LogP contribution in [0.3, 0.4) is 0 Å². The molecule has 0 atom stereocenters. The average molecular weight is 446 g/mol. The Morgan fingerprint density at radius 3 is 2.23 bits per heavy atom. The Balaban J connectivity index is 1.34. The smallest absolute Gasteiger partial charge is 0.246 e. The maximum atomic E-state index is 13.9. The molecule has 31 heavy (non-hydrogen) atoms. The fraction of sp³-hybridized carbons (Fsp3) is 0.364. The monoisotopic (exact) mass is 445 g/mol. The Morgan fingerprint density at radius 1 is 0.935 bits per heavy atom. The van der Waals surface area contributed by atoms with Crippen molar-refractivity contribution in [2.24, 2.45) is 0 Å². The number of piperazine rings is 1. The first kappa shape index (κ1) is 21.5. The van der Waals surface area contributed by atoms with E-state index in [4.69, 9.17) is 0 Å². The number of rotatable bonds is 5. The number of carbonyl (C=O) groups excluding carboxylic acids is 2. The van der Waals surface area contributed by atoms with Gasteiger partial charge in [-0.15, -0.1) is 0 Å². The topological polar surface area (TPSA) is 78.0 Å². The maximum absolute atomic E-state index is 13.9. The third-order valence-electron chi connectivity index (χ3n) is 5.72. The highest BCUT2D eigenvalue weighted by Crippen LogP contribution is 2.23. The Labute approximate surface area is 181 Å².